The van der Waals surface area contributed by atoms with Crippen molar-refractivity contribution in [3.8, 4) is 5.75 Å². The first kappa shape index (κ1) is 16.4. The molecule has 0 fully saturated rings. The molecule has 1 atom stereocenters. The summed E-state index contributed by atoms with van der Waals surface area (Å²) in [7, 11) is 1.92. The second-order valence-electron chi connectivity index (χ2n) is 5.60. The highest BCUT2D eigenvalue weighted by atomic mass is 16.6. The van der Waals surface area contributed by atoms with Crippen molar-refractivity contribution in [2.24, 2.45) is 5.10 Å². The number of amides is 1. The molecule has 2 aromatic rings. The van der Waals surface area contributed by atoms with Crippen LogP contribution in [-0.4, -0.2) is 35.8 Å². The Morgan fingerprint density at radius 1 is 1.24 bits per heavy atom. The average molecular weight is 340 g/mol. The molecule has 0 aliphatic carbocycles. The number of hydrazone groups is 1. The highest BCUT2D eigenvalue weighted by Gasteiger charge is 2.16. The van der Waals surface area contributed by atoms with E-state index in [9.17, 15) is 14.9 Å². The first-order valence-corrected chi connectivity index (χ1v) is 7.60. The van der Waals surface area contributed by atoms with E-state index >= 15 is 0 Å². The number of hydrogen-bond donors (Lipinski definition) is 1. The third kappa shape index (κ3) is 4.11. The molecule has 8 heteroatoms. The smallest absolute Gasteiger partial charge is 0.410 e. The van der Waals surface area contributed by atoms with Crippen molar-refractivity contribution in [1.82, 2.24) is 5.01 Å². The van der Waals surface area contributed by atoms with E-state index in [4.69, 9.17) is 4.74 Å². The SMILES string of the molecule is CN1CC(c2ccc(NC(=O)Oc3ccc([N+](=O)[O-])cc3)cc2)C=N1. The minimum atomic E-state index is -0.663. The number of anilines is 1. The normalized spacial score (nSPS) is 15.9. The Morgan fingerprint density at radius 3 is 2.48 bits per heavy atom. The molecule has 8 nitrogen and oxygen atoms in total. The van der Waals surface area contributed by atoms with Gasteiger partial charge in [-0.3, -0.25) is 20.4 Å². The van der Waals surface area contributed by atoms with Crippen LogP contribution in [0, 0.1) is 10.1 Å². The van der Waals surface area contributed by atoms with Gasteiger partial charge in [-0.15, -0.1) is 0 Å². The van der Waals surface area contributed by atoms with E-state index in [0.717, 1.165) is 12.1 Å². The Labute approximate surface area is 143 Å². The van der Waals surface area contributed by atoms with Gasteiger partial charge in [-0.25, -0.2) is 4.79 Å². The van der Waals surface area contributed by atoms with Crippen LogP contribution in [0.15, 0.2) is 53.6 Å². The first-order chi connectivity index (χ1) is 12.0. The van der Waals surface area contributed by atoms with Gasteiger partial charge in [0.2, 0.25) is 0 Å². The molecular weight excluding hydrogens is 324 g/mol. The van der Waals surface area contributed by atoms with Gasteiger partial charge in [0.15, 0.2) is 0 Å². The second-order valence-corrected chi connectivity index (χ2v) is 5.60. The number of benzene rings is 2. The topological polar surface area (TPSA) is 97.1 Å². The van der Waals surface area contributed by atoms with Crippen LogP contribution in [0.2, 0.25) is 0 Å². The number of nitrogens with zero attached hydrogens (tertiary/aromatic N) is 3. The number of carbonyl (C=O) groups is 1. The maximum absolute atomic E-state index is 11.9. The molecule has 0 saturated carbocycles. The van der Waals surface area contributed by atoms with E-state index in [-0.39, 0.29) is 17.4 Å². The molecule has 0 aromatic heterocycles. The number of hydrogen-bond acceptors (Lipinski definition) is 6. The van der Waals surface area contributed by atoms with Crippen LogP contribution in [0.25, 0.3) is 0 Å². The van der Waals surface area contributed by atoms with Crippen LogP contribution in [-0.2, 0) is 0 Å². The molecule has 2 aromatic carbocycles. The second kappa shape index (κ2) is 7.00. The number of ether oxygens (including phenoxy) is 1. The van der Waals surface area contributed by atoms with Gasteiger partial charge >= 0.3 is 6.09 Å². The number of rotatable bonds is 4. The highest BCUT2D eigenvalue weighted by Crippen LogP contribution is 2.22. The van der Waals surface area contributed by atoms with Gasteiger partial charge in [-0.2, -0.15) is 5.10 Å². The third-order valence-electron chi connectivity index (χ3n) is 3.75. The van der Waals surface area contributed by atoms with Gasteiger partial charge in [0.1, 0.15) is 5.75 Å². The summed E-state index contributed by atoms with van der Waals surface area (Å²) < 4.78 is 5.10. The quantitative estimate of drug-likeness (QED) is 0.681. The van der Waals surface area contributed by atoms with Crippen molar-refractivity contribution >= 4 is 23.7 Å². The predicted molar refractivity (Wildman–Crippen MR) is 93.0 cm³/mol. The standard InChI is InChI=1S/C17H16N4O4/c1-20-11-13(10-18-20)12-2-4-14(5-3-12)19-17(22)25-16-8-6-15(7-9-16)21(23)24/h2-10,13H,11H2,1H3,(H,19,22). The fraction of sp³-hybridized carbons (Fsp3) is 0.176. The number of carbonyl (C=O) groups excluding carboxylic acids is 1. The average Bonchev–Trinajstić information content (AvgIpc) is 3.02. The van der Waals surface area contributed by atoms with Crippen LogP contribution in [0.5, 0.6) is 5.75 Å². The zero-order valence-electron chi connectivity index (χ0n) is 13.5. The molecular formula is C17H16N4O4. The zero-order chi connectivity index (χ0) is 17.8. The Morgan fingerprint density at radius 2 is 1.92 bits per heavy atom. The summed E-state index contributed by atoms with van der Waals surface area (Å²) in [5.41, 5.74) is 1.64. The molecule has 1 amide bonds. The van der Waals surface area contributed by atoms with Crippen molar-refractivity contribution < 1.29 is 14.5 Å². The molecule has 0 radical (unpaired) electrons. The van der Waals surface area contributed by atoms with Gasteiger partial charge in [0.25, 0.3) is 5.69 Å². The summed E-state index contributed by atoms with van der Waals surface area (Å²) in [5, 5.41) is 19.3. The van der Waals surface area contributed by atoms with Crippen LogP contribution in [0.3, 0.4) is 0 Å². The molecule has 3 rings (SSSR count). The largest absolute Gasteiger partial charge is 0.417 e. The van der Waals surface area contributed by atoms with Crippen molar-refractivity contribution in [2.45, 2.75) is 5.92 Å². The molecule has 128 valence electrons. The Bertz CT molecular complexity index is 802. The fourth-order valence-corrected chi connectivity index (χ4v) is 2.46. The van der Waals surface area contributed by atoms with Crippen molar-refractivity contribution in [2.75, 3.05) is 18.9 Å². The van der Waals surface area contributed by atoms with Crippen LogP contribution in [0.1, 0.15) is 11.5 Å². The molecule has 25 heavy (non-hydrogen) atoms. The molecule has 0 bridgehead atoms. The predicted octanol–water partition coefficient (Wildman–Crippen LogP) is 3.22. The summed E-state index contributed by atoms with van der Waals surface area (Å²) in [6, 6.07) is 12.7. The summed E-state index contributed by atoms with van der Waals surface area (Å²) >= 11 is 0. The number of nitro benzene ring substituents is 1. The van der Waals surface area contributed by atoms with Gasteiger partial charge in [0.05, 0.1) is 4.92 Å². The minimum absolute atomic E-state index is 0.0653. The van der Waals surface area contributed by atoms with E-state index < -0.39 is 11.0 Å². The minimum Gasteiger partial charge on any atom is -0.410 e. The Hall–Kier alpha value is -3.42. The van der Waals surface area contributed by atoms with Gasteiger partial charge < -0.3 is 4.74 Å². The molecule has 1 aliphatic heterocycles. The molecule has 0 saturated heterocycles. The summed E-state index contributed by atoms with van der Waals surface area (Å²) in [6.07, 6.45) is 1.23. The summed E-state index contributed by atoms with van der Waals surface area (Å²) in [4.78, 5) is 22.0. The van der Waals surface area contributed by atoms with Gasteiger partial charge in [-0.05, 0) is 29.8 Å². The lowest BCUT2D eigenvalue weighted by Gasteiger charge is -2.11. The first-order valence-electron chi connectivity index (χ1n) is 7.60. The maximum atomic E-state index is 11.9. The van der Waals surface area contributed by atoms with Gasteiger partial charge in [-0.1, -0.05) is 12.1 Å². The van der Waals surface area contributed by atoms with E-state index in [2.05, 4.69) is 10.4 Å². The number of nitro groups is 1. The van der Waals surface area contributed by atoms with E-state index in [1.54, 1.807) is 12.1 Å². The maximum Gasteiger partial charge on any atom is 0.417 e. The van der Waals surface area contributed by atoms with E-state index in [0.29, 0.717) is 5.69 Å². The van der Waals surface area contributed by atoms with E-state index in [1.807, 2.05) is 30.4 Å². The lowest BCUT2D eigenvalue weighted by molar-refractivity contribution is -0.384. The Balaban J connectivity index is 1.57. The van der Waals surface area contributed by atoms with Crippen molar-refractivity contribution in [1.29, 1.82) is 0 Å². The number of likely N-dealkylation sites (N-methyl/N-ethyl adjacent to an activating group) is 1. The van der Waals surface area contributed by atoms with E-state index in [1.165, 1.54) is 24.3 Å². The lowest BCUT2D eigenvalue weighted by atomic mass is 10.0. The van der Waals surface area contributed by atoms with Crippen LogP contribution in [0.4, 0.5) is 16.2 Å². The van der Waals surface area contributed by atoms with Crippen molar-refractivity contribution in [3.05, 3.63) is 64.2 Å². The highest BCUT2D eigenvalue weighted by molar-refractivity contribution is 5.86. The third-order valence-corrected chi connectivity index (χ3v) is 3.75. The number of nitrogens with one attached hydrogen (secondary N) is 1. The van der Waals surface area contributed by atoms with Gasteiger partial charge in [0, 0.05) is 43.5 Å². The van der Waals surface area contributed by atoms with Crippen LogP contribution >= 0.6 is 0 Å². The molecule has 0 spiro atoms. The molecule has 1 heterocycles. The molecule has 1 unspecified atom stereocenters. The summed E-state index contributed by atoms with van der Waals surface area (Å²) in [5.74, 6) is 0.469. The van der Waals surface area contributed by atoms with Crippen molar-refractivity contribution in [3.63, 3.8) is 0 Å². The lowest BCUT2D eigenvalue weighted by Crippen LogP contribution is -2.17. The number of non-ortho nitro benzene ring substituents is 1. The summed E-state index contributed by atoms with van der Waals surface area (Å²) in [6.45, 7) is 0.828. The molecule has 1 aliphatic rings. The fourth-order valence-electron chi connectivity index (χ4n) is 2.46. The monoisotopic (exact) mass is 340 g/mol. The van der Waals surface area contributed by atoms with Crippen LogP contribution < -0.4 is 10.1 Å². The molecule has 1 N–H and O–H groups in total. The Kier molecular flexibility index (Phi) is 4.60. The zero-order valence-corrected chi connectivity index (χ0v) is 13.5.